The molecule has 2 heterocycles. The molecule has 0 aliphatic carbocycles. The fourth-order valence-electron chi connectivity index (χ4n) is 2.29. The SMILES string of the molecule is CCN1CCN(C(=O)c2cc(C(=O)O)on2)CC1C. The maximum atomic E-state index is 12.2. The number of rotatable bonds is 3. The summed E-state index contributed by atoms with van der Waals surface area (Å²) in [5, 5.41) is 12.2. The minimum absolute atomic E-state index is 0.0505. The molecule has 1 N–H and O–H groups in total. The Hall–Kier alpha value is -1.89. The van der Waals surface area contributed by atoms with Crippen LogP contribution in [0.2, 0.25) is 0 Å². The molecule has 0 bridgehead atoms. The lowest BCUT2D eigenvalue weighted by Crippen LogP contribution is -2.53. The van der Waals surface area contributed by atoms with Gasteiger partial charge in [0.15, 0.2) is 5.69 Å². The molecule has 1 saturated heterocycles. The maximum Gasteiger partial charge on any atom is 0.374 e. The summed E-state index contributed by atoms with van der Waals surface area (Å²) in [6.07, 6.45) is 0. The Morgan fingerprint density at radius 1 is 1.53 bits per heavy atom. The average molecular weight is 267 g/mol. The normalized spacial score (nSPS) is 20.5. The van der Waals surface area contributed by atoms with E-state index in [1.165, 1.54) is 6.07 Å². The summed E-state index contributed by atoms with van der Waals surface area (Å²) in [4.78, 5) is 26.8. The molecule has 0 spiro atoms. The Morgan fingerprint density at radius 3 is 2.79 bits per heavy atom. The summed E-state index contributed by atoms with van der Waals surface area (Å²) in [6.45, 7) is 7.15. The van der Waals surface area contributed by atoms with Crippen molar-refractivity contribution in [3.63, 3.8) is 0 Å². The van der Waals surface area contributed by atoms with Gasteiger partial charge in [0.2, 0.25) is 5.76 Å². The van der Waals surface area contributed by atoms with Gasteiger partial charge in [0, 0.05) is 31.7 Å². The third kappa shape index (κ3) is 2.76. The van der Waals surface area contributed by atoms with Gasteiger partial charge in [0.1, 0.15) is 0 Å². The quantitative estimate of drug-likeness (QED) is 0.860. The van der Waals surface area contributed by atoms with E-state index >= 15 is 0 Å². The van der Waals surface area contributed by atoms with E-state index in [1.54, 1.807) is 4.90 Å². The van der Waals surface area contributed by atoms with Gasteiger partial charge in [-0.05, 0) is 13.5 Å². The van der Waals surface area contributed by atoms with Crippen LogP contribution in [0.4, 0.5) is 0 Å². The van der Waals surface area contributed by atoms with E-state index in [9.17, 15) is 9.59 Å². The van der Waals surface area contributed by atoms with Crippen LogP contribution < -0.4 is 0 Å². The topological polar surface area (TPSA) is 86.9 Å². The number of hydrogen-bond donors (Lipinski definition) is 1. The molecule has 1 unspecified atom stereocenters. The molecule has 0 saturated carbocycles. The summed E-state index contributed by atoms with van der Waals surface area (Å²) in [5.41, 5.74) is 0.0505. The molecule has 1 aromatic heterocycles. The number of aromatic carboxylic acids is 1. The third-order valence-electron chi connectivity index (χ3n) is 3.40. The first-order chi connectivity index (χ1) is 9.02. The highest BCUT2D eigenvalue weighted by atomic mass is 16.5. The molecule has 2 rings (SSSR count). The summed E-state index contributed by atoms with van der Waals surface area (Å²) in [6, 6.07) is 1.45. The molecule has 104 valence electrons. The molecule has 0 radical (unpaired) electrons. The lowest BCUT2D eigenvalue weighted by molar-refractivity contribution is 0.0517. The van der Waals surface area contributed by atoms with Gasteiger partial charge in [-0.25, -0.2) is 4.79 Å². The van der Waals surface area contributed by atoms with Gasteiger partial charge in [-0.2, -0.15) is 0 Å². The van der Waals surface area contributed by atoms with Gasteiger partial charge < -0.3 is 14.5 Å². The van der Waals surface area contributed by atoms with Crippen molar-refractivity contribution in [3.8, 4) is 0 Å². The second kappa shape index (κ2) is 5.40. The fraction of sp³-hybridized carbons (Fsp3) is 0.583. The predicted octanol–water partition coefficient (Wildman–Crippen LogP) is 0.539. The molecule has 1 amide bonds. The largest absolute Gasteiger partial charge is 0.475 e. The first-order valence-corrected chi connectivity index (χ1v) is 6.26. The number of carboxylic acid groups (broad SMARTS) is 1. The van der Waals surface area contributed by atoms with Gasteiger partial charge in [-0.1, -0.05) is 12.1 Å². The minimum Gasteiger partial charge on any atom is -0.475 e. The number of amides is 1. The molecule has 0 aromatic carbocycles. The summed E-state index contributed by atoms with van der Waals surface area (Å²) >= 11 is 0. The summed E-state index contributed by atoms with van der Waals surface area (Å²) in [7, 11) is 0. The zero-order valence-electron chi connectivity index (χ0n) is 11.0. The van der Waals surface area contributed by atoms with Gasteiger partial charge in [0.05, 0.1) is 0 Å². The molecule has 1 atom stereocenters. The number of aromatic nitrogens is 1. The van der Waals surface area contributed by atoms with E-state index < -0.39 is 5.97 Å². The van der Waals surface area contributed by atoms with Crippen LogP contribution in [0.3, 0.4) is 0 Å². The number of carbonyl (C=O) groups is 2. The molecule has 1 aromatic rings. The molecule has 1 fully saturated rings. The van der Waals surface area contributed by atoms with Crippen LogP contribution in [-0.2, 0) is 0 Å². The van der Waals surface area contributed by atoms with Crippen molar-refractivity contribution in [2.75, 3.05) is 26.2 Å². The van der Waals surface area contributed by atoms with Gasteiger partial charge >= 0.3 is 5.97 Å². The number of carbonyl (C=O) groups excluding carboxylic acids is 1. The Morgan fingerprint density at radius 2 is 2.26 bits per heavy atom. The van der Waals surface area contributed by atoms with Crippen LogP contribution in [0, 0.1) is 0 Å². The van der Waals surface area contributed by atoms with Crippen LogP contribution in [0.1, 0.15) is 34.9 Å². The van der Waals surface area contributed by atoms with E-state index in [-0.39, 0.29) is 23.4 Å². The smallest absolute Gasteiger partial charge is 0.374 e. The Bertz CT molecular complexity index is 485. The van der Waals surface area contributed by atoms with Crippen molar-refractivity contribution in [1.82, 2.24) is 15.0 Å². The van der Waals surface area contributed by atoms with Crippen LogP contribution in [-0.4, -0.2) is 64.2 Å². The van der Waals surface area contributed by atoms with Crippen LogP contribution in [0.25, 0.3) is 0 Å². The highest BCUT2D eigenvalue weighted by Crippen LogP contribution is 2.13. The number of carboxylic acids is 1. The zero-order valence-corrected chi connectivity index (χ0v) is 11.0. The van der Waals surface area contributed by atoms with Crippen molar-refractivity contribution in [2.45, 2.75) is 19.9 Å². The first-order valence-electron chi connectivity index (χ1n) is 6.26. The molecule has 1 aliphatic heterocycles. The van der Waals surface area contributed by atoms with E-state index in [2.05, 4.69) is 28.4 Å². The maximum absolute atomic E-state index is 12.2. The highest BCUT2D eigenvalue weighted by Gasteiger charge is 2.28. The third-order valence-corrected chi connectivity index (χ3v) is 3.40. The summed E-state index contributed by atoms with van der Waals surface area (Å²) < 4.78 is 4.60. The molecule has 1 aliphatic rings. The average Bonchev–Trinajstić information content (AvgIpc) is 2.87. The van der Waals surface area contributed by atoms with Crippen molar-refractivity contribution < 1.29 is 19.2 Å². The molecular weight excluding hydrogens is 250 g/mol. The predicted molar refractivity (Wildman–Crippen MR) is 66.1 cm³/mol. The van der Waals surface area contributed by atoms with E-state index in [1.807, 2.05) is 0 Å². The highest BCUT2D eigenvalue weighted by molar-refractivity contribution is 5.94. The Balaban J connectivity index is 2.05. The van der Waals surface area contributed by atoms with E-state index in [0.717, 1.165) is 13.1 Å². The molecule has 19 heavy (non-hydrogen) atoms. The number of piperazine rings is 1. The van der Waals surface area contributed by atoms with Gasteiger partial charge in [-0.3, -0.25) is 9.69 Å². The molecule has 7 heteroatoms. The molecule has 7 nitrogen and oxygen atoms in total. The van der Waals surface area contributed by atoms with Crippen LogP contribution in [0.5, 0.6) is 0 Å². The fourth-order valence-corrected chi connectivity index (χ4v) is 2.29. The van der Waals surface area contributed by atoms with Crippen LogP contribution in [0.15, 0.2) is 10.6 Å². The lowest BCUT2D eigenvalue weighted by atomic mass is 10.2. The van der Waals surface area contributed by atoms with Crippen molar-refractivity contribution >= 4 is 11.9 Å². The Labute approximate surface area is 110 Å². The Kier molecular flexibility index (Phi) is 3.84. The van der Waals surface area contributed by atoms with Gasteiger partial charge in [0.25, 0.3) is 5.91 Å². The number of hydrogen-bond acceptors (Lipinski definition) is 5. The van der Waals surface area contributed by atoms with E-state index in [4.69, 9.17) is 5.11 Å². The first kappa shape index (κ1) is 13.5. The molecular formula is C12H17N3O4. The number of nitrogens with zero attached hydrogens (tertiary/aromatic N) is 3. The van der Waals surface area contributed by atoms with Crippen molar-refractivity contribution in [2.24, 2.45) is 0 Å². The standard InChI is InChI=1S/C12H17N3O4/c1-3-14-4-5-15(7-8(14)2)11(16)9-6-10(12(17)18)19-13-9/h6,8H,3-5,7H2,1-2H3,(H,17,18). The minimum atomic E-state index is -1.23. The summed E-state index contributed by atoms with van der Waals surface area (Å²) in [5.74, 6) is -1.82. The monoisotopic (exact) mass is 267 g/mol. The second-order valence-corrected chi connectivity index (χ2v) is 4.61. The second-order valence-electron chi connectivity index (χ2n) is 4.61. The zero-order chi connectivity index (χ0) is 14.0. The van der Waals surface area contributed by atoms with Crippen LogP contribution >= 0.6 is 0 Å². The lowest BCUT2D eigenvalue weighted by Gasteiger charge is -2.38. The van der Waals surface area contributed by atoms with Crippen molar-refractivity contribution in [3.05, 3.63) is 17.5 Å². The van der Waals surface area contributed by atoms with Gasteiger partial charge in [-0.15, -0.1) is 0 Å². The number of likely N-dealkylation sites (N-methyl/N-ethyl adjacent to an activating group) is 1. The van der Waals surface area contributed by atoms with E-state index in [0.29, 0.717) is 13.1 Å². The van der Waals surface area contributed by atoms with Crippen molar-refractivity contribution in [1.29, 1.82) is 0 Å².